The molecule has 6 aromatic heterocycles. The minimum atomic E-state index is -3.75. The highest BCUT2D eigenvalue weighted by Crippen LogP contribution is 2.43. The number of ether oxygens (including phenoxy) is 4. The second kappa shape index (κ2) is 21.0. The van der Waals surface area contributed by atoms with Gasteiger partial charge in [-0.25, -0.2) is 45.6 Å². The predicted octanol–water partition coefficient (Wildman–Crippen LogP) is 7.45. The number of hydrogen-bond donors (Lipinski definition) is 0. The SMILES string of the molecule is COc1cccc(OC)c1-n1c(CS(=O)(=O)[C@H]2CCC[C@H]2c2ncc(F)cn2)nnc1-c1ccco1.COc1cccc(OC)c1-n1c(CS(=O)(=O)[C@H]2CCC[C@H]2c2ncc(F)cn2)nnc1-c1ccco1. The zero-order valence-electron chi connectivity index (χ0n) is 39.3. The van der Waals surface area contributed by atoms with Crippen molar-refractivity contribution in [3.63, 3.8) is 0 Å². The summed E-state index contributed by atoms with van der Waals surface area (Å²) >= 11 is 0. The largest absolute Gasteiger partial charge is 0.494 e. The van der Waals surface area contributed by atoms with Crippen LogP contribution in [0.1, 0.15) is 73.7 Å². The van der Waals surface area contributed by atoms with E-state index in [-0.39, 0.29) is 11.6 Å². The molecular formula is C48H48F2N10O10S2. The summed E-state index contributed by atoms with van der Waals surface area (Å²) in [5.41, 5.74) is 0.905. The van der Waals surface area contributed by atoms with E-state index in [1.807, 2.05) is 0 Å². The molecule has 0 bridgehead atoms. The lowest BCUT2D eigenvalue weighted by atomic mass is 10.1. The highest BCUT2D eigenvalue weighted by molar-refractivity contribution is 7.91. The maximum absolute atomic E-state index is 13.7. The van der Waals surface area contributed by atoms with Crippen molar-refractivity contribution >= 4 is 19.7 Å². The van der Waals surface area contributed by atoms with Gasteiger partial charge in [0.1, 0.15) is 57.5 Å². The lowest BCUT2D eigenvalue weighted by Crippen LogP contribution is -2.27. The van der Waals surface area contributed by atoms with E-state index in [0.717, 1.165) is 24.8 Å². The molecule has 72 heavy (non-hydrogen) atoms. The van der Waals surface area contributed by atoms with E-state index in [9.17, 15) is 25.6 Å². The quantitative estimate of drug-likeness (QED) is 0.0912. The average molecular weight is 1030 g/mol. The number of para-hydroxylation sites is 2. The first-order valence-electron chi connectivity index (χ1n) is 22.6. The standard InChI is InChI=1S/2C24H24FN5O5S/c2*1-33-17-7-4-8-18(34-2)22(17)30-21(28-29-24(30)19-9-5-11-35-19)14-36(31,32)20-10-3-6-16(20)23-26-12-15(25)13-27-23/h2*4-5,7-9,11-13,16,20H,3,6,10,14H2,1-2H3/t2*16-,20+/m11/s1. The van der Waals surface area contributed by atoms with Gasteiger partial charge in [0, 0.05) is 11.8 Å². The third kappa shape index (κ3) is 9.87. The molecule has 20 nitrogen and oxygen atoms in total. The van der Waals surface area contributed by atoms with Crippen LogP contribution in [0.4, 0.5) is 8.78 Å². The van der Waals surface area contributed by atoms with E-state index in [2.05, 4.69) is 40.3 Å². The van der Waals surface area contributed by atoms with E-state index in [0.29, 0.717) is 108 Å². The van der Waals surface area contributed by atoms with Crippen molar-refractivity contribution in [1.82, 2.24) is 49.5 Å². The van der Waals surface area contributed by atoms with E-state index >= 15 is 0 Å². The summed E-state index contributed by atoms with van der Waals surface area (Å²) < 4.78 is 118. The second-order valence-corrected chi connectivity index (χ2v) is 21.3. The summed E-state index contributed by atoms with van der Waals surface area (Å²) in [7, 11) is -1.46. The normalized spacial score (nSPS) is 17.9. The van der Waals surface area contributed by atoms with Gasteiger partial charge in [0.2, 0.25) is 11.6 Å². The monoisotopic (exact) mass is 1030 g/mol. The van der Waals surface area contributed by atoms with Gasteiger partial charge in [-0.1, -0.05) is 25.0 Å². The lowest BCUT2D eigenvalue weighted by Gasteiger charge is -2.20. The Bertz CT molecular complexity index is 3090. The van der Waals surface area contributed by atoms with Gasteiger partial charge in [-0.3, -0.25) is 9.13 Å². The molecule has 0 radical (unpaired) electrons. The van der Waals surface area contributed by atoms with E-state index in [4.69, 9.17) is 27.8 Å². The van der Waals surface area contributed by atoms with Gasteiger partial charge in [0.05, 0.1) is 76.3 Å². The Balaban J connectivity index is 0.000000178. The molecule has 8 aromatic rings. The average Bonchev–Trinajstić information content (AvgIpc) is 4.25. The molecule has 0 unspecified atom stereocenters. The highest BCUT2D eigenvalue weighted by Gasteiger charge is 2.43. The van der Waals surface area contributed by atoms with Crippen LogP contribution < -0.4 is 18.9 Å². The first kappa shape index (κ1) is 49.4. The van der Waals surface area contributed by atoms with Gasteiger partial charge in [0.15, 0.2) is 54.5 Å². The molecule has 4 atom stereocenters. The third-order valence-corrected chi connectivity index (χ3v) is 16.9. The minimum absolute atomic E-state index is 0.176. The molecule has 376 valence electrons. The van der Waals surface area contributed by atoms with E-state index in [1.54, 1.807) is 69.8 Å². The Hall–Kier alpha value is -7.60. The van der Waals surface area contributed by atoms with Gasteiger partial charge in [-0.2, -0.15) is 0 Å². The topological polar surface area (TPSA) is 244 Å². The molecule has 2 aliphatic carbocycles. The Morgan fingerprint density at radius 1 is 0.528 bits per heavy atom. The Morgan fingerprint density at radius 3 is 1.21 bits per heavy atom. The number of sulfone groups is 2. The number of aromatic nitrogens is 10. The number of rotatable bonds is 16. The maximum Gasteiger partial charge on any atom is 0.204 e. The summed E-state index contributed by atoms with van der Waals surface area (Å²) in [6.45, 7) is 0. The number of furan rings is 2. The fourth-order valence-corrected chi connectivity index (χ4v) is 13.5. The van der Waals surface area contributed by atoms with Crippen LogP contribution in [-0.2, 0) is 31.2 Å². The number of hydrogen-bond acceptors (Lipinski definition) is 18. The molecule has 24 heteroatoms. The van der Waals surface area contributed by atoms with Crippen LogP contribution in [0.15, 0.2) is 107 Å². The molecule has 2 aliphatic rings. The van der Waals surface area contributed by atoms with Crippen LogP contribution in [0.5, 0.6) is 23.0 Å². The Kier molecular flexibility index (Phi) is 14.4. The molecule has 0 N–H and O–H groups in total. The van der Waals surface area contributed by atoms with Crippen LogP contribution in [-0.4, -0.2) is 105 Å². The molecule has 0 amide bonds. The van der Waals surface area contributed by atoms with Gasteiger partial charge in [-0.15, -0.1) is 20.4 Å². The molecule has 0 saturated heterocycles. The van der Waals surface area contributed by atoms with Crippen LogP contribution >= 0.6 is 0 Å². The summed E-state index contributed by atoms with van der Waals surface area (Å²) in [5.74, 6) is 1.38. The van der Waals surface area contributed by atoms with Crippen molar-refractivity contribution in [2.24, 2.45) is 0 Å². The fraction of sp³-hybridized carbons (Fsp3) is 0.333. The number of nitrogens with zero attached hydrogens (tertiary/aromatic N) is 10. The summed E-state index contributed by atoms with van der Waals surface area (Å²) in [6.07, 6.45) is 10.7. The zero-order chi connectivity index (χ0) is 50.6. The fourth-order valence-electron chi connectivity index (χ4n) is 9.43. The maximum atomic E-state index is 13.7. The molecule has 2 fully saturated rings. The van der Waals surface area contributed by atoms with Crippen LogP contribution in [0, 0.1) is 11.6 Å². The third-order valence-electron chi connectivity index (χ3n) is 12.6. The lowest BCUT2D eigenvalue weighted by molar-refractivity contribution is 0.390. The van der Waals surface area contributed by atoms with Crippen molar-refractivity contribution < 1.29 is 53.4 Å². The summed E-state index contributed by atoms with van der Waals surface area (Å²) in [4.78, 5) is 16.2. The van der Waals surface area contributed by atoms with Crippen molar-refractivity contribution in [3.05, 3.63) is 133 Å². The van der Waals surface area contributed by atoms with Crippen molar-refractivity contribution in [2.45, 2.75) is 72.4 Å². The van der Waals surface area contributed by atoms with Gasteiger partial charge in [0.25, 0.3) is 0 Å². The molecule has 2 saturated carbocycles. The van der Waals surface area contributed by atoms with Crippen molar-refractivity contribution in [2.75, 3.05) is 28.4 Å². The molecule has 6 heterocycles. The van der Waals surface area contributed by atoms with Crippen LogP contribution in [0.25, 0.3) is 34.5 Å². The number of methoxy groups -OCH3 is 4. The van der Waals surface area contributed by atoms with Gasteiger partial charge in [-0.05, 0) is 74.2 Å². The highest BCUT2D eigenvalue weighted by atomic mass is 32.2. The van der Waals surface area contributed by atoms with Crippen molar-refractivity contribution in [3.8, 4) is 57.5 Å². The predicted molar refractivity (Wildman–Crippen MR) is 254 cm³/mol. The van der Waals surface area contributed by atoms with Crippen LogP contribution in [0.3, 0.4) is 0 Å². The van der Waals surface area contributed by atoms with E-state index < -0.39 is 65.2 Å². The smallest absolute Gasteiger partial charge is 0.204 e. The van der Waals surface area contributed by atoms with Crippen molar-refractivity contribution in [1.29, 1.82) is 0 Å². The zero-order valence-corrected chi connectivity index (χ0v) is 41.0. The Labute approximate surface area is 412 Å². The first-order chi connectivity index (χ1) is 34.8. The molecule has 0 aliphatic heterocycles. The first-order valence-corrected chi connectivity index (χ1v) is 26.1. The van der Waals surface area contributed by atoms with Crippen LogP contribution in [0.2, 0.25) is 0 Å². The van der Waals surface area contributed by atoms with Gasteiger partial charge < -0.3 is 27.8 Å². The molecular weight excluding hydrogens is 979 g/mol. The van der Waals surface area contributed by atoms with Gasteiger partial charge >= 0.3 is 0 Å². The number of halogens is 2. The molecule has 10 rings (SSSR count). The summed E-state index contributed by atoms with van der Waals surface area (Å²) in [6, 6.07) is 17.3. The summed E-state index contributed by atoms with van der Waals surface area (Å²) in [5, 5.41) is 15.5. The number of benzene rings is 2. The molecule has 2 aromatic carbocycles. The minimum Gasteiger partial charge on any atom is -0.494 e. The second-order valence-electron chi connectivity index (χ2n) is 16.8. The molecule has 0 spiro atoms. The van der Waals surface area contributed by atoms with E-state index in [1.165, 1.54) is 41.0 Å². The Morgan fingerprint density at radius 2 is 0.889 bits per heavy atom.